The molecule has 0 amide bonds. The summed E-state index contributed by atoms with van der Waals surface area (Å²) in [7, 11) is 0. The molecule has 0 aliphatic carbocycles. The van der Waals surface area contributed by atoms with Crippen LogP contribution in [0.3, 0.4) is 0 Å². The highest BCUT2D eigenvalue weighted by Gasteiger charge is 2.13. The van der Waals surface area contributed by atoms with E-state index in [9.17, 15) is 9.59 Å². The lowest BCUT2D eigenvalue weighted by Gasteiger charge is -2.08. The van der Waals surface area contributed by atoms with Gasteiger partial charge < -0.3 is 9.84 Å². The standard InChI is InChI=1S/2C11H22O2/c1-3-5-6-7-8-9-10(4-2)11(12)13;1-3-5-6-7-8-10-13-11(12)9-4-2/h10H,3-9H2,1-2H3,(H,12,13);3-10H2,1-2H3. The molecule has 1 atom stereocenters. The molecule has 4 nitrogen and oxygen atoms in total. The molecule has 0 aromatic heterocycles. The summed E-state index contributed by atoms with van der Waals surface area (Å²) in [5, 5.41) is 8.78. The van der Waals surface area contributed by atoms with Gasteiger partial charge in [0, 0.05) is 6.42 Å². The van der Waals surface area contributed by atoms with Crippen molar-refractivity contribution in [2.45, 2.75) is 118 Å². The Morgan fingerprint density at radius 2 is 1.31 bits per heavy atom. The maximum atomic E-state index is 10.9. The minimum atomic E-state index is -0.627. The smallest absolute Gasteiger partial charge is 0.306 e. The first-order valence-electron chi connectivity index (χ1n) is 10.9. The molecule has 0 aromatic rings. The summed E-state index contributed by atoms with van der Waals surface area (Å²) >= 11 is 0. The first-order valence-corrected chi connectivity index (χ1v) is 10.9. The fraction of sp³-hybridized carbons (Fsp3) is 0.909. The zero-order valence-corrected chi connectivity index (χ0v) is 17.9. The fourth-order valence-electron chi connectivity index (χ4n) is 2.66. The molecule has 0 aliphatic rings. The third-order valence-electron chi connectivity index (χ3n) is 4.46. The molecule has 0 fully saturated rings. The minimum absolute atomic E-state index is 0.0435. The monoisotopic (exact) mass is 372 g/mol. The summed E-state index contributed by atoms with van der Waals surface area (Å²) in [5.74, 6) is -0.780. The van der Waals surface area contributed by atoms with Crippen molar-refractivity contribution in [3.63, 3.8) is 0 Å². The van der Waals surface area contributed by atoms with Crippen molar-refractivity contribution in [1.29, 1.82) is 0 Å². The first-order chi connectivity index (χ1) is 12.5. The van der Waals surface area contributed by atoms with Crippen LogP contribution in [0.2, 0.25) is 0 Å². The molecule has 4 heteroatoms. The van der Waals surface area contributed by atoms with Crippen LogP contribution in [0.5, 0.6) is 0 Å². The Morgan fingerprint density at radius 3 is 1.77 bits per heavy atom. The Bertz CT molecular complexity index is 313. The maximum absolute atomic E-state index is 10.9. The van der Waals surface area contributed by atoms with Crippen molar-refractivity contribution >= 4 is 11.9 Å². The van der Waals surface area contributed by atoms with E-state index in [1.807, 2.05) is 13.8 Å². The topological polar surface area (TPSA) is 63.6 Å². The van der Waals surface area contributed by atoms with Crippen LogP contribution in [-0.4, -0.2) is 23.7 Å². The van der Waals surface area contributed by atoms with Crippen LogP contribution in [0.15, 0.2) is 0 Å². The van der Waals surface area contributed by atoms with Crippen molar-refractivity contribution in [3.8, 4) is 0 Å². The number of rotatable bonds is 16. The summed E-state index contributed by atoms with van der Waals surface area (Å²) in [6, 6.07) is 0. The summed E-state index contributed by atoms with van der Waals surface area (Å²) in [6.45, 7) is 8.93. The lowest BCUT2D eigenvalue weighted by molar-refractivity contribution is -0.144. The minimum Gasteiger partial charge on any atom is -0.481 e. The average molecular weight is 373 g/mol. The van der Waals surface area contributed by atoms with Crippen molar-refractivity contribution in [2.24, 2.45) is 5.92 Å². The van der Waals surface area contributed by atoms with Crippen LogP contribution in [0.25, 0.3) is 0 Å². The van der Waals surface area contributed by atoms with E-state index in [0.717, 1.165) is 32.1 Å². The van der Waals surface area contributed by atoms with Crippen LogP contribution in [0.4, 0.5) is 0 Å². The summed E-state index contributed by atoms with van der Waals surface area (Å²) < 4.78 is 5.02. The Labute approximate surface area is 162 Å². The number of carboxylic acids is 1. The Balaban J connectivity index is 0. The van der Waals surface area contributed by atoms with Gasteiger partial charge in [0.05, 0.1) is 12.5 Å². The second-order valence-corrected chi connectivity index (χ2v) is 7.03. The van der Waals surface area contributed by atoms with Gasteiger partial charge in [-0.25, -0.2) is 0 Å². The molecule has 26 heavy (non-hydrogen) atoms. The second kappa shape index (κ2) is 22.0. The van der Waals surface area contributed by atoms with Gasteiger partial charge in [-0.15, -0.1) is 0 Å². The van der Waals surface area contributed by atoms with E-state index >= 15 is 0 Å². The summed E-state index contributed by atoms with van der Waals surface area (Å²) in [4.78, 5) is 21.6. The molecule has 0 saturated heterocycles. The fourth-order valence-corrected chi connectivity index (χ4v) is 2.66. The lowest BCUT2D eigenvalue weighted by Crippen LogP contribution is -2.12. The number of aliphatic carboxylic acids is 1. The van der Waals surface area contributed by atoms with Crippen LogP contribution < -0.4 is 0 Å². The normalized spacial score (nSPS) is 11.4. The molecule has 0 rings (SSSR count). The number of carbonyl (C=O) groups is 2. The predicted octanol–water partition coefficient (Wildman–Crippen LogP) is 6.76. The van der Waals surface area contributed by atoms with Crippen molar-refractivity contribution in [3.05, 3.63) is 0 Å². The van der Waals surface area contributed by atoms with Gasteiger partial charge >= 0.3 is 11.9 Å². The molecule has 0 saturated carbocycles. The van der Waals surface area contributed by atoms with Gasteiger partial charge in [0.15, 0.2) is 0 Å². The van der Waals surface area contributed by atoms with E-state index in [1.54, 1.807) is 0 Å². The number of unbranched alkanes of at least 4 members (excludes halogenated alkanes) is 8. The molecule has 0 radical (unpaired) electrons. The molecule has 156 valence electrons. The Kier molecular flexibility index (Phi) is 23.0. The zero-order chi connectivity index (χ0) is 20.0. The van der Waals surface area contributed by atoms with E-state index in [0.29, 0.717) is 13.0 Å². The number of ether oxygens (including phenoxy) is 1. The van der Waals surface area contributed by atoms with Crippen LogP contribution in [0.1, 0.15) is 118 Å². The third-order valence-corrected chi connectivity index (χ3v) is 4.46. The molecule has 0 spiro atoms. The van der Waals surface area contributed by atoms with Gasteiger partial charge in [0.1, 0.15) is 0 Å². The van der Waals surface area contributed by atoms with Crippen molar-refractivity contribution in [2.75, 3.05) is 6.61 Å². The van der Waals surface area contributed by atoms with Crippen molar-refractivity contribution < 1.29 is 19.4 Å². The Morgan fingerprint density at radius 1 is 0.769 bits per heavy atom. The Hall–Kier alpha value is -1.06. The molecule has 1 unspecified atom stereocenters. The zero-order valence-electron chi connectivity index (χ0n) is 17.9. The van der Waals surface area contributed by atoms with Crippen LogP contribution in [-0.2, 0) is 14.3 Å². The number of hydrogen-bond donors (Lipinski definition) is 1. The highest BCUT2D eigenvalue weighted by molar-refractivity contribution is 5.69. The van der Waals surface area contributed by atoms with Gasteiger partial charge in [-0.2, -0.15) is 0 Å². The number of hydrogen-bond acceptors (Lipinski definition) is 3. The molecule has 0 aliphatic heterocycles. The van der Waals surface area contributed by atoms with Gasteiger partial charge in [0.2, 0.25) is 0 Å². The molecule has 0 aromatic carbocycles. The number of esters is 1. The number of carboxylic acid groups (broad SMARTS) is 1. The van der Waals surface area contributed by atoms with E-state index in [4.69, 9.17) is 9.84 Å². The highest BCUT2D eigenvalue weighted by atomic mass is 16.5. The summed E-state index contributed by atoms with van der Waals surface area (Å²) in [6.07, 6.45) is 15.2. The van der Waals surface area contributed by atoms with Gasteiger partial charge in [-0.1, -0.05) is 85.5 Å². The molecular formula is C22H44O4. The van der Waals surface area contributed by atoms with E-state index in [-0.39, 0.29) is 11.9 Å². The van der Waals surface area contributed by atoms with Gasteiger partial charge in [0.25, 0.3) is 0 Å². The predicted molar refractivity (Wildman–Crippen MR) is 109 cm³/mol. The van der Waals surface area contributed by atoms with E-state index < -0.39 is 5.97 Å². The van der Waals surface area contributed by atoms with E-state index in [1.165, 1.54) is 51.4 Å². The molecular weight excluding hydrogens is 328 g/mol. The van der Waals surface area contributed by atoms with Crippen molar-refractivity contribution in [1.82, 2.24) is 0 Å². The quantitative estimate of drug-likeness (QED) is 0.240. The largest absolute Gasteiger partial charge is 0.481 e. The first kappa shape index (κ1) is 27.2. The SMILES string of the molecule is CCCCCCCC(CC)C(=O)O.CCCCCCCOC(=O)CCC. The highest BCUT2D eigenvalue weighted by Crippen LogP contribution is 2.14. The molecule has 0 bridgehead atoms. The number of carbonyl (C=O) groups excluding carboxylic acids is 1. The molecule has 1 N–H and O–H groups in total. The van der Waals surface area contributed by atoms with E-state index in [2.05, 4.69) is 13.8 Å². The summed E-state index contributed by atoms with van der Waals surface area (Å²) in [5.41, 5.74) is 0. The van der Waals surface area contributed by atoms with Gasteiger partial charge in [-0.3, -0.25) is 9.59 Å². The maximum Gasteiger partial charge on any atom is 0.306 e. The lowest BCUT2D eigenvalue weighted by atomic mass is 9.98. The van der Waals surface area contributed by atoms with Crippen LogP contribution in [0, 0.1) is 5.92 Å². The third kappa shape index (κ3) is 21.0. The second-order valence-electron chi connectivity index (χ2n) is 7.03. The molecule has 0 heterocycles. The average Bonchev–Trinajstić information content (AvgIpc) is 2.61. The van der Waals surface area contributed by atoms with Gasteiger partial charge in [-0.05, 0) is 25.7 Å². The van der Waals surface area contributed by atoms with Crippen LogP contribution >= 0.6 is 0 Å².